The van der Waals surface area contributed by atoms with Crippen LogP contribution in [-0.4, -0.2) is 44.9 Å². The first-order valence-corrected chi connectivity index (χ1v) is 8.43. The fourth-order valence-electron chi connectivity index (χ4n) is 2.67. The van der Waals surface area contributed by atoms with E-state index in [9.17, 15) is 9.59 Å². The number of fused-ring (bicyclic) bond motifs is 1. The number of nitrogens with one attached hydrogen (secondary N) is 1. The number of hydrogen-bond donors (Lipinski definition) is 1. The second kappa shape index (κ2) is 6.83. The average molecular weight is 336 g/mol. The fourth-order valence-corrected chi connectivity index (χ4v) is 2.67. The molecule has 2 rings (SSSR count). The van der Waals surface area contributed by atoms with Gasteiger partial charge in [-0.1, -0.05) is 0 Å². The minimum Gasteiger partial charge on any atom is -0.444 e. The summed E-state index contributed by atoms with van der Waals surface area (Å²) in [5.41, 5.74) is 1.63. The maximum Gasteiger partial charge on any atom is 0.410 e. The highest BCUT2D eigenvalue weighted by molar-refractivity contribution is 5.94. The molecule has 0 fully saturated rings. The quantitative estimate of drug-likeness (QED) is 0.900. The van der Waals surface area contributed by atoms with E-state index in [1.54, 1.807) is 4.90 Å². The van der Waals surface area contributed by atoms with Crippen LogP contribution in [0.5, 0.6) is 0 Å². The summed E-state index contributed by atoms with van der Waals surface area (Å²) in [6.07, 6.45) is 0.447. The monoisotopic (exact) mass is 336 g/mol. The summed E-state index contributed by atoms with van der Waals surface area (Å²) in [4.78, 5) is 26.3. The minimum absolute atomic E-state index is 0.0525. The molecule has 1 aliphatic rings. The Hall–Kier alpha value is -2.05. The van der Waals surface area contributed by atoms with Crippen LogP contribution in [0.25, 0.3) is 0 Å². The number of aryl methyl sites for hydroxylation is 1. The standard InChI is InChI=1S/C17H28N4O3/c1-11(2)18-15(22)14-12(3)13-10-20(8-7-9-21(13)19-14)16(23)24-17(4,5)6/h11H,7-10H2,1-6H3,(H,18,22). The zero-order valence-corrected chi connectivity index (χ0v) is 15.5. The molecule has 0 radical (unpaired) electrons. The highest BCUT2D eigenvalue weighted by Gasteiger charge is 2.28. The first-order chi connectivity index (χ1) is 11.1. The van der Waals surface area contributed by atoms with E-state index < -0.39 is 5.60 Å². The third-order valence-corrected chi connectivity index (χ3v) is 3.75. The summed E-state index contributed by atoms with van der Waals surface area (Å²) in [6.45, 7) is 13.0. The van der Waals surface area contributed by atoms with Gasteiger partial charge in [-0.2, -0.15) is 5.10 Å². The second-order valence-electron chi connectivity index (χ2n) is 7.53. The largest absolute Gasteiger partial charge is 0.444 e. The molecule has 2 heterocycles. The van der Waals surface area contributed by atoms with Crippen molar-refractivity contribution in [1.29, 1.82) is 0 Å². The summed E-state index contributed by atoms with van der Waals surface area (Å²) in [7, 11) is 0. The molecule has 7 nitrogen and oxygen atoms in total. The molecule has 0 aromatic carbocycles. The third kappa shape index (κ3) is 4.27. The van der Waals surface area contributed by atoms with E-state index >= 15 is 0 Å². The predicted octanol–water partition coefficient (Wildman–Crippen LogP) is 2.47. The Morgan fingerprint density at radius 2 is 1.92 bits per heavy atom. The van der Waals surface area contributed by atoms with Gasteiger partial charge in [0, 0.05) is 24.7 Å². The molecule has 134 valence electrons. The van der Waals surface area contributed by atoms with E-state index in [0.717, 1.165) is 17.7 Å². The van der Waals surface area contributed by atoms with E-state index in [-0.39, 0.29) is 18.0 Å². The molecule has 1 aromatic heterocycles. The van der Waals surface area contributed by atoms with E-state index in [2.05, 4.69) is 10.4 Å². The predicted molar refractivity (Wildman–Crippen MR) is 90.8 cm³/mol. The summed E-state index contributed by atoms with van der Waals surface area (Å²) in [6, 6.07) is 0.0525. The highest BCUT2D eigenvalue weighted by Crippen LogP contribution is 2.21. The molecule has 0 atom stereocenters. The van der Waals surface area contributed by atoms with Crippen LogP contribution in [0.3, 0.4) is 0 Å². The number of hydrogen-bond acceptors (Lipinski definition) is 4. The van der Waals surface area contributed by atoms with Gasteiger partial charge < -0.3 is 15.0 Å². The molecule has 1 N–H and O–H groups in total. The van der Waals surface area contributed by atoms with Crippen LogP contribution in [0.15, 0.2) is 0 Å². The second-order valence-corrected chi connectivity index (χ2v) is 7.53. The highest BCUT2D eigenvalue weighted by atomic mass is 16.6. The molecule has 0 saturated heterocycles. The van der Waals surface area contributed by atoms with Crippen LogP contribution < -0.4 is 5.32 Å². The number of amides is 2. The van der Waals surface area contributed by atoms with Gasteiger partial charge in [0.2, 0.25) is 0 Å². The van der Waals surface area contributed by atoms with Crippen LogP contribution in [0.4, 0.5) is 4.79 Å². The van der Waals surface area contributed by atoms with Crippen molar-refractivity contribution in [3.8, 4) is 0 Å². The number of aromatic nitrogens is 2. The Morgan fingerprint density at radius 3 is 2.50 bits per heavy atom. The van der Waals surface area contributed by atoms with Crippen LogP contribution >= 0.6 is 0 Å². The number of carbonyl (C=O) groups excluding carboxylic acids is 2. The summed E-state index contributed by atoms with van der Waals surface area (Å²) in [5, 5.41) is 7.33. The van der Waals surface area contributed by atoms with Crippen LogP contribution in [0.2, 0.25) is 0 Å². The van der Waals surface area contributed by atoms with Crippen molar-refractivity contribution in [2.75, 3.05) is 6.54 Å². The topological polar surface area (TPSA) is 76.5 Å². The molecule has 7 heteroatoms. The fraction of sp³-hybridized carbons (Fsp3) is 0.706. The summed E-state index contributed by atoms with van der Waals surface area (Å²) >= 11 is 0. The van der Waals surface area contributed by atoms with E-state index in [1.165, 1.54) is 0 Å². The van der Waals surface area contributed by atoms with E-state index in [0.29, 0.717) is 25.3 Å². The van der Waals surface area contributed by atoms with Crippen LogP contribution in [0.1, 0.15) is 62.8 Å². The Labute approximate surface area is 143 Å². The Bertz CT molecular complexity index is 629. The Kier molecular flexibility index (Phi) is 5.20. The Balaban J connectivity index is 2.22. The molecule has 0 aliphatic carbocycles. The van der Waals surface area contributed by atoms with Gasteiger partial charge in [-0.25, -0.2) is 4.79 Å². The molecule has 0 spiro atoms. The first kappa shape index (κ1) is 18.3. The van der Waals surface area contributed by atoms with Crippen molar-refractivity contribution in [3.05, 3.63) is 17.0 Å². The maximum absolute atomic E-state index is 12.4. The number of rotatable bonds is 2. The van der Waals surface area contributed by atoms with Gasteiger partial charge in [0.25, 0.3) is 5.91 Å². The van der Waals surface area contributed by atoms with Crippen molar-refractivity contribution in [3.63, 3.8) is 0 Å². The molecule has 0 bridgehead atoms. The lowest BCUT2D eigenvalue weighted by atomic mass is 10.2. The summed E-state index contributed by atoms with van der Waals surface area (Å²) in [5.74, 6) is -0.174. The van der Waals surface area contributed by atoms with Crippen molar-refractivity contribution >= 4 is 12.0 Å². The number of nitrogens with zero attached hydrogens (tertiary/aromatic N) is 3. The zero-order chi connectivity index (χ0) is 18.1. The van der Waals surface area contributed by atoms with Crippen molar-refractivity contribution < 1.29 is 14.3 Å². The van der Waals surface area contributed by atoms with Crippen LogP contribution in [-0.2, 0) is 17.8 Å². The lowest BCUT2D eigenvalue weighted by molar-refractivity contribution is 0.0236. The van der Waals surface area contributed by atoms with E-state index in [4.69, 9.17) is 4.74 Å². The molecule has 0 saturated carbocycles. The molecule has 1 aliphatic heterocycles. The average Bonchev–Trinajstić information content (AvgIpc) is 2.62. The van der Waals surface area contributed by atoms with Gasteiger partial charge in [0.1, 0.15) is 5.60 Å². The maximum atomic E-state index is 12.4. The van der Waals surface area contributed by atoms with Gasteiger partial charge in [0.15, 0.2) is 5.69 Å². The van der Waals surface area contributed by atoms with E-state index in [1.807, 2.05) is 46.2 Å². The first-order valence-electron chi connectivity index (χ1n) is 8.43. The molecular formula is C17H28N4O3. The van der Waals surface area contributed by atoms with Crippen LogP contribution in [0, 0.1) is 6.92 Å². The molecule has 0 unspecified atom stereocenters. The number of carbonyl (C=O) groups is 2. The lowest BCUT2D eigenvalue weighted by Crippen LogP contribution is -2.36. The van der Waals surface area contributed by atoms with Crippen molar-refractivity contribution in [1.82, 2.24) is 20.0 Å². The molecular weight excluding hydrogens is 308 g/mol. The van der Waals surface area contributed by atoms with Gasteiger partial charge in [-0.15, -0.1) is 0 Å². The van der Waals surface area contributed by atoms with Crippen molar-refractivity contribution in [2.45, 2.75) is 72.7 Å². The van der Waals surface area contributed by atoms with Gasteiger partial charge in [-0.05, 0) is 48.0 Å². The normalized spacial score (nSPS) is 15.0. The Morgan fingerprint density at radius 1 is 1.25 bits per heavy atom. The minimum atomic E-state index is -0.527. The summed E-state index contributed by atoms with van der Waals surface area (Å²) < 4.78 is 7.31. The molecule has 2 amide bonds. The van der Waals surface area contributed by atoms with Gasteiger partial charge in [0.05, 0.1) is 12.2 Å². The molecule has 24 heavy (non-hydrogen) atoms. The van der Waals surface area contributed by atoms with Gasteiger partial charge >= 0.3 is 6.09 Å². The lowest BCUT2D eigenvalue weighted by Gasteiger charge is -2.26. The van der Waals surface area contributed by atoms with Crippen molar-refractivity contribution in [2.24, 2.45) is 0 Å². The third-order valence-electron chi connectivity index (χ3n) is 3.75. The smallest absolute Gasteiger partial charge is 0.410 e. The zero-order valence-electron chi connectivity index (χ0n) is 15.5. The van der Waals surface area contributed by atoms with Gasteiger partial charge in [-0.3, -0.25) is 9.48 Å². The number of ether oxygens (including phenoxy) is 1. The molecule has 1 aromatic rings. The SMILES string of the molecule is Cc1c(C(=O)NC(C)C)nn2c1CN(C(=O)OC(C)(C)C)CCC2.